The third-order valence-electron chi connectivity index (χ3n) is 2.03. The topological polar surface area (TPSA) is 27.1 Å². The molecule has 0 atom stereocenters. The molecule has 0 aliphatic carbocycles. The lowest BCUT2D eigenvalue weighted by Crippen LogP contribution is -2.28. The van der Waals surface area contributed by atoms with E-state index in [0.717, 1.165) is 25.9 Å². The first-order valence-corrected chi connectivity index (χ1v) is 3.75. The highest BCUT2D eigenvalue weighted by Crippen LogP contribution is 2.13. The molecule has 1 fully saturated rings. The molecular formula is C8H14N2. The highest BCUT2D eigenvalue weighted by Gasteiger charge is 2.08. The Labute approximate surface area is 62.0 Å². The van der Waals surface area contributed by atoms with Gasteiger partial charge in [0.25, 0.3) is 0 Å². The third-order valence-corrected chi connectivity index (χ3v) is 2.03. The first-order valence-electron chi connectivity index (χ1n) is 3.75. The Hall–Kier alpha value is -0.790. The maximum atomic E-state index is 7.00. The summed E-state index contributed by atoms with van der Waals surface area (Å²) >= 11 is 0. The summed E-state index contributed by atoms with van der Waals surface area (Å²) in [5.74, 6) is 0. The first-order chi connectivity index (χ1) is 4.86. The summed E-state index contributed by atoms with van der Waals surface area (Å²) in [5.41, 5.74) is 1.54. The van der Waals surface area contributed by atoms with Gasteiger partial charge in [-0.15, -0.1) is 0 Å². The molecule has 1 saturated heterocycles. The van der Waals surface area contributed by atoms with E-state index in [1.165, 1.54) is 11.9 Å². The number of rotatable bonds is 1. The Bertz CT molecular complexity index is 139. The van der Waals surface area contributed by atoms with E-state index >= 15 is 0 Å². The van der Waals surface area contributed by atoms with Crippen molar-refractivity contribution >= 4 is 6.34 Å². The van der Waals surface area contributed by atoms with Gasteiger partial charge in [-0.05, 0) is 19.8 Å². The molecule has 0 saturated carbocycles. The monoisotopic (exact) mass is 138 g/mol. The number of hydrogen-bond donors (Lipinski definition) is 1. The Morgan fingerprint density at radius 1 is 1.40 bits per heavy atom. The minimum Gasteiger partial charge on any atom is -0.363 e. The number of hydrogen-bond acceptors (Lipinski definition) is 1. The van der Waals surface area contributed by atoms with Crippen LogP contribution in [0.25, 0.3) is 0 Å². The molecule has 0 unspecified atom stereocenters. The normalized spacial score (nSPS) is 18.9. The van der Waals surface area contributed by atoms with Crippen LogP contribution in [-0.4, -0.2) is 24.3 Å². The van der Waals surface area contributed by atoms with E-state index in [1.807, 2.05) is 4.90 Å². The van der Waals surface area contributed by atoms with Crippen molar-refractivity contribution in [1.29, 1.82) is 5.41 Å². The van der Waals surface area contributed by atoms with Crippen molar-refractivity contribution in [3.05, 3.63) is 11.6 Å². The lowest BCUT2D eigenvalue weighted by molar-refractivity contribution is 0.396. The van der Waals surface area contributed by atoms with Gasteiger partial charge in [0.2, 0.25) is 0 Å². The van der Waals surface area contributed by atoms with Crippen molar-refractivity contribution in [2.45, 2.75) is 19.8 Å². The Morgan fingerprint density at radius 3 is 2.40 bits per heavy atom. The van der Waals surface area contributed by atoms with Gasteiger partial charge in [0.1, 0.15) is 0 Å². The molecule has 56 valence electrons. The number of nitrogens with one attached hydrogen (secondary N) is 1. The predicted octanol–water partition coefficient (Wildman–Crippen LogP) is 1.64. The van der Waals surface area contributed by atoms with E-state index in [-0.39, 0.29) is 0 Å². The van der Waals surface area contributed by atoms with Crippen LogP contribution in [0.4, 0.5) is 0 Å². The second kappa shape index (κ2) is 3.40. The molecule has 0 spiro atoms. The lowest BCUT2D eigenvalue weighted by atomic mass is 10.0. The van der Waals surface area contributed by atoms with Crippen molar-refractivity contribution in [1.82, 2.24) is 4.90 Å². The number of nitrogens with zero attached hydrogens (tertiary/aromatic N) is 1. The summed E-state index contributed by atoms with van der Waals surface area (Å²) < 4.78 is 0. The molecule has 1 aliphatic heterocycles. The average Bonchev–Trinajstić information content (AvgIpc) is 2.05. The van der Waals surface area contributed by atoms with E-state index < -0.39 is 0 Å². The lowest BCUT2D eigenvalue weighted by Gasteiger charge is -2.25. The molecule has 1 aliphatic rings. The van der Waals surface area contributed by atoms with Crippen LogP contribution in [0, 0.1) is 5.41 Å². The molecule has 0 radical (unpaired) electrons. The van der Waals surface area contributed by atoms with Crippen LogP contribution < -0.4 is 0 Å². The fourth-order valence-electron chi connectivity index (χ4n) is 1.23. The molecule has 1 rings (SSSR count). The zero-order valence-corrected chi connectivity index (χ0v) is 6.43. The van der Waals surface area contributed by atoms with Crippen LogP contribution in [0.15, 0.2) is 11.6 Å². The van der Waals surface area contributed by atoms with Crippen LogP contribution in [-0.2, 0) is 0 Å². The quantitative estimate of drug-likeness (QED) is 0.333. The van der Waals surface area contributed by atoms with Gasteiger partial charge in [-0.1, -0.05) is 11.6 Å². The van der Waals surface area contributed by atoms with Crippen LogP contribution in [0.5, 0.6) is 0 Å². The number of allylic oxidation sites excluding steroid dienone is 1. The third kappa shape index (κ3) is 1.59. The van der Waals surface area contributed by atoms with Crippen LogP contribution in [0.1, 0.15) is 19.8 Å². The Morgan fingerprint density at radius 2 is 2.00 bits per heavy atom. The average molecular weight is 138 g/mol. The molecule has 0 bridgehead atoms. The molecular weight excluding hydrogens is 124 g/mol. The van der Waals surface area contributed by atoms with E-state index in [1.54, 1.807) is 0 Å². The van der Waals surface area contributed by atoms with Crippen molar-refractivity contribution in [3.8, 4) is 0 Å². The summed E-state index contributed by atoms with van der Waals surface area (Å²) in [6.07, 6.45) is 5.92. The van der Waals surface area contributed by atoms with Gasteiger partial charge in [0.05, 0.1) is 6.34 Å². The van der Waals surface area contributed by atoms with Gasteiger partial charge in [-0.2, -0.15) is 0 Å². The molecule has 2 heteroatoms. The second-order valence-electron chi connectivity index (χ2n) is 2.61. The smallest absolute Gasteiger partial charge is 0.0817 e. The van der Waals surface area contributed by atoms with Crippen LogP contribution in [0.2, 0.25) is 0 Å². The fourth-order valence-corrected chi connectivity index (χ4v) is 1.23. The standard InChI is InChI=1S/C8H14N2/c1-2-8-3-5-10(7-9)6-4-8/h2,7,9H,3-6H2,1H3. The zero-order valence-electron chi connectivity index (χ0n) is 6.43. The maximum absolute atomic E-state index is 7.00. The van der Waals surface area contributed by atoms with Crippen molar-refractivity contribution in [2.24, 2.45) is 0 Å². The van der Waals surface area contributed by atoms with Gasteiger partial charge in [0.15, 0.2) is 0 Å². The molecule has 10 heavy (non-hydrogen) atoms. The largest absolute Gasteiger partial charge is 0.363 e. The summed E-state index contributed by atoms with van der Waals surface area (Å²) in [7, 11) is 0. The number of likely N-dealkylation sites (tertiary alicyclic amines) is 1. The minimum absolute atomic E-state index is 1.03. The molecule has 0 aromatic carbocycles. The summed E-state index contributed by atoms with van der Waals surface area (Å²) in [6.45, 7) is 4.15. The van der Waals surface area contributed by atoms with Crippen molar-refractivity contribution in [2.75, 3.05) is 13.1 Å². The van der Waals surface area contributed by atoms with Gasteiger partial charge >= 0.3 is 0 Å². The molecule has 0 aromatic rings. The maximum Gasteiger partial charge on any atom is 0.0817 e. The summed E-state index contributed by atoms with van der Waals surface area (Å²) in [6, 6.07) is 0. The summed E-state index contributed by atoms with van der Waals surface area (Å²) in [4.78, 5) is 2.05. The molecule has 0 aromatic heterocycles. The molecule has 1 heterocycles. The predicted molar refractivity (Wildman–Crippen MR) is 43.3 cm³/mol. The van der Waals surface area contributed by atoms with Gasteiger partial charge in [0, 0.05) is 13.1 Å². The van der Waals surface area contributed by atoms with E-state index in [9.17, 15) is 0 Å². The Kier molecular flexibility index (Phi) is 2.49. The van der Waals surface area contributed by atoms with Crippen LogP contribution >= 0.6 is 0 Å². The Balaban J connectivity index is 2.37. The molecule has 2 nitrogen and oxygen atoms in total. The van der Waals surface area contributed by atoms with Crippen LogP contribution in [0.3, 0.4) is 0 Å². The molecule has 0 amide bonds. The van der Waals surface area contributed by atoms with E-state index in [2.05, 4.69) is 13.0 Å². The highest BCUT2D eigenvalue weighted by atomic mass is 15.1. The first kappa shape index (κ1) is 7.32. The van der Waals surface area contributed by atoms with Gasteiger partial charge in [-0.25, -0.2) is 0 Å². The van der Waals surface area contributed by atoms with Crippen molar-refractivity contribution in [3.63, 3.8) is 0 Å². The van der Waals surface area contributed by atoms with E-state index in [0.29, 0.717) is 0 Å². The van der Waals surface area contributed by atoms with E-state index in [4.69, 9.17) is 5.41 Å². The SMILES string of the molecule is CC=C1CCN(C=N)CC1. The fraction of sp³-hybridized carbons (Fsp3) is 0.625. The minimum atomic E-state index is 1.03. The summed E-state index contributed by atoms with van der Waals surface area (Å²) in [5, 5.41) is 7.00. The molecule has 1 N–H and O–H groups in total. The second-order valence-corrected chi connectivity index (χ2v) is 2.61. The van der Waals surface area contributed by atoms with Gasteiger partial charge in [-0.3, -0.25) is 5.41 Å². The highest BCUT2D eigenvalue weighted by molar-refractivity contribution is 5.51. The zero-order chi connectivity index (χ0) is 7.40. The number of piperidine rings is 1. The van der Waals surface area contributed by atoms with Crippen molar-refractivity contribution < 1.29 is 0 Å². The van der Waals surface area contributed by atoms with Gasteiger partial charge < -0.3 is 4.90 Å².